The van der Waals surface area contributed by atoms with E-state index in [0.29, 0.717) is 12.5 Å². The van der Waals surface area contributed by atoms with Gasteiger partial charge in [-0.2, -0.15) is 4.98 Å². The lowest BCUT2D eigenvalue weighted by atomic mass is 10.1. The predicted molar refractivity (Wildman–Crippen MR) is 67.3 cm³/mol. The molecule has 1 aromatic heterocycles. The number of aromatic nitrogens is 2. The van der Waals surface area contributed by atoms with Crippen molar-refractivity contribution < 1.29 is 4.74 Å². The van der Waals surface area contributed by atoms with Crippen LogP contribution in [0.1, 0.15) is 19.8 Å². The lowest BCUT2D eigenvalue weighted by molar-refractivity contribution is 0.325. The van der Waals surface area contributed by atoms with Gasteiger partial charge in [-0.15, -0.1) is 0 Å². The van der Waals surface area contributed by atoms with E-state index in [1.54, 1.807) is 12.4 Å². The van der Waals surface area contributed by atoms with E-state index in [1.165, 1.54) is 12.8 Å². The molecule has 5 heteroatoms. The molecule has 1 saturated heterocycles. The second-order valence-corrected chi connectivity index (χ2v) is 4.25. The van der Waals surface area contributed by atoms with Crippen LogP contribution in [0.5, 0.6) is 5.88 Å². The third kappa shape index (κ3) is 3.85. The summed E-state index contributed by atoms with van der Waals surface area (Å²) in [6.45, 7) is 5.80. The standard InChI is InChI=1S/C12H20N4O/c1-2-17-12-9-14-8-11(16-12)15-6-4-10-3-5-13-7-10/h8-10,13H,2-7H2,1H3,(H,15,16). The third-order valence-corrected chi connectivity index (χ3v) is 2.93. The third-order valence-electron chi connectivity index (χ3n) is 2.93. The molecular formula is C12H20N4O. The summed E-state index contributed by atoms with van der Waals surface area (Å²) in [4.78, 5) is 8.41. The summed E-state index contributed by atoms with van der Waals surface area (Å²) in [6, 6.07) is 0. The summed E-state index contributed by atoms with van der Waals surface area (Å²) >= 11 is 0. The maximum absolute atomic E-state index is 5.30. The van der Waals surface area contributed by atoms with Crippen LogP contribution in [0.2, 0.25) is 0 Å². The normalized spacial score (nSPS) is 19.2. The average Bonchev–Trinajstić information content (AvgIpc) is 2.83. The van der Waals surface area contributed by atoms with Gasteiger partial charge in [-0.05, 0) is 38.8 Å². The molecule has 5 nitrogen and oxygen atoms in total. The van der Waals surface area contributed by atoms with Crippen molar-refractivity contribution >= 4 is 5.82 Å². The molecule has 94 valence electrons. The van der Waals surface area contributed by atoms with Crippen molar-refractivity contribution in [3.63, 3.8) is 0 Å². The van der Waals surface area contributed by atoms with Crippen LogP contribution in [0, 0.1) is 5.92 Å². The molecule has 0 spiro atoms. The Morgan fingerprint density at radius 2 is 2.47 bits per heavy atom. The molecule has 0 bridgehead atoms. The van der Waals surface area contributed by atoms with Gasteiger partial charge in [0.25, 0.3) is 0 Å². The molecule has 17 heavy (non-hydrogen) atoms. The van der Waals surface area contributed by atoms with Crippen LogP contribution in [0.15, 0.2) is 12.4 Å². The van der Waals surface area contributed by atoms with E-state index in [1.807, 2.05) is 6.92 Å². The van der Waals surface area contributed by atoms with Crippen LogP contribution < -0.4 is 15.4 Å². The van der Waals surface area contributed by atoms with Gasteiger partial charge in [0.15, 0.2) is 0 Å². The second-order valence-electron chi connectivity index (χ2n) is 4.25. The van der Waals surface area contributed by atoms with E-state index >= 15 is 0 Å². The molecule has 1 fully saturated rings. The van der Waals surface area contributed by atoms with E-state index in [2.05, 4.69) is 20.6 Å². The molecule has 2 N–H and O–H groups in total. The Labute approximate surface area is 102 Å². The SMILES string of the molecule is CCOc1cncc(NCCC2CCNC2)n1. The Balaban J connectivity index is 1.75. The highest BCUT2D eigenvalue weighted by molar-refractivity contribution is 5.32. The zero-order valence-corrected chi connectivity index (χ0v) is 10.3. The maximum atomic E-state index is 5.30. The fourth-order valence-electron chi connectivity index (χ4n) is 2.02. The molecule has 1 aliphatic rings. The Kier molecular flexibility index (Phi) is 4.55. The van der Waals surface area contributed by atoms with Crippen LogP contribution in [-0.2, 0) is 0 Å². The summed E-state index contributed by atoms with van der Waals surface area (Å²) in [5, 5.41) is 6.66. The van der Waals surface area contributed by atoms with Gasteiger partial charge < -0.3 is 15.4 Å². The molecule has 1 unspecified atom stereocenters. The van der Waals surface area contributed by atoms with Crippen molar-refractivity contribution in [3.05, 3.63) is 12.4 Å². The lowest BCUT2D eigenvalue weighted by Gasteiger charge is -2.10. The average molecular weight is 236 g/mol. The predicted octanol–water partition coefficient (Wildman–Crippen LogP) is 1.29. The molecule has 0 aliphatic carbocycles. The van der Waals surface area contributed by atoms with Gasteiger partial charge in [0.2, 0.25) is 5.88 Å². The van der Waals surface area contributed by atoms with Crippen molar-refractivity contribution in [1.82, 2.24) is 15.3 Å². The number of hydrogen-bond donors (Lipinski definition) is 2. The van der Waals surface area contributed by atoms with Crippen molar-refractivity contribution in [1.29, 1.82) is 0 Å². The lowest BCUT2D eigenvalue weighted by Crippen LogP contribution is -2.13. The minimum atomic E-state index is 0.583. The van der Waals surface area contributed by atoms with E-state index in [-0.39, 0.29) is 0 Å². The summed E-state index contributed by atoms with van der Waals surface area (Å²) in [7, 11) is 0. The molecule has 0 radical (unpaired) electrons. The summed E-state index contributed by atoms with van der Waals surface area (Å²) < 4.78 is 5.30. The molecular weight excluding hydrogens is 216 g/mol. The first kappa shape index (κ1) is 12.1. The molecule has 1 aromatic rings. The minimum absolute atomic E-state index is 0.583. The smallest absolute Gasteiger partial charge is 0.234 e. The first-order chi connectivity index (χ1) is 8.38. The maximum Gasteiger partial charge on any atom is 0.234 e. The van der Waals surface area contributed by atoms with Gasteiger partial charge >= 0.3 is 0 Å². The van der Waals surface area contributed by atoms with Crippen LogP contribution in [0.4, 0.5) is 5.82 Å². The molecule has 2 rings (SSSR count). The van der Waals surface area contributed by atoms with Gasteiger partial charge in [0.1, 0.15) is 5.82 Å². The fourth-order valence-corrected chi connectivity index (χ4v) is 2.02. The van der Waals surface area contributed by atoms with E-state index in [9.17, 15) is 0 Å². The Hall–Kier alpha value is -1.36. The zero-order chi connectivity index (χ0) is 11.9. The first-order valence-electron chi connectivity index (χ1n) is 6.28. The van der Waals surface area contributed by atoms with Gasteiger partial charge in [-0.1, -0.05) is 0 Å². The van der Waals surface area contributed by atoms with Gasteiger partial charge in [0.05, 0.1) is 19.0 Å². The van der Waals surface area contributed by atoms with Crippen molar-refractivity contribution in [2.45, 2.75) is 19.8 Å². The van der Waals surface area contributed by atoms with Crippen LogP contribution in [0.25, 0.3) is 0 Å². The van der Waals surface area contributed by atoms with E-state index in [4.69, 9.17) is 4.74 Å². The Bertz CT molecular complexity index is 339. The number of hydrogen-bond acceptors (Lipinski definition) is 5. The van der Waals surface area contributed by atoms with Crippen LogP contribution >= 0.6 is 0 Å². The number of anilines is 1. The quantitative estimate of drug-likeness (QED) is 0.779. The number of ether oxygens (including phenoxy) is 1. The molecule has 0 saturated carbocycles. The molecule has 0 aromatic carbocycles. The summed E-state index contributed by atoms with van der Waals surface area (Å²) in [5.41, 5.74) is 0. The monoisotopic (exact) mass is 236 g/mol. The molecule has 1 aliphatic heterocycles. The minimum Gasteiger partial charge on any atom is -0.477 e. The summed E-state index contributed by atoms with van der Waals surface area (Å²) in [5.74, 6) is 2.17. The highest BCUT2D eigenvalue weighted by Gasteiger charge is 2.13. The number of nitrogens with one attached hydrogen (secondary N) is 2. The van der Waals surface area contributed by atoms with Gasteiger partial charge in [-0.25, -0.2) is 0 Å². The van der Waals surface area contributed by atoms with Crippen molar-refractivity contribution in [3.8, 4) is 5.88 Å². The van der Waals surface area contributed by atoms with Crippen LogP contribution in [-0.4, -0.2) is 36.2 Å². The topological polar surface area (TPSA) is 59.1 Å². The second kappa shape index (κ2) is 6.39. The van der Waals surface area contributed by atoms with Crippen molar-refractivity contribution in [2.24, 2.45) is 5.92 Å². The molecule has 2 heterocycles. The summed E-state index contributed by atoms with van der Waals surface area (Å²) in [6.07, 6.45) is 5.82. The molecule has 1 atom stereocenters. The molecule has 0 amide bonds. The first-order valence-corrected chi connectivity index (χ1v) is 6.28. The number of rotatable bonds is 6. The Morgan fingerprint density at radius 3 is 3.24 bits per heavy atom. The highest BCUT2D eigenvalue weighted by Crippen LogP contribution is 2.13. The highest BCUT2D eigenvalue weighted by atomic mass is 16.5. The van der Waals surface area contributed by atoms with E-state index < -0.39 is 0 Å². The van der Waals surface area contributed by atoms with Gasteiger partial charge in [0, 0.05) is 6.54 Å². The van der Waals surface area contributed by atoms with Crippen molar-refractivity contribution in [2.75, 3.05) is 31.6 Å². The van der Waals surface area contributed by atoms with Gasteiger partial charge in [-0.3, -0.25) is 4.98 Å². The van der Waals surface area contributed by atoms with Crippen LogP contribution in [0.3, 0.4) is 0 Å². The largest absolute Gasteiger partial charge is 0.477 e. The Morgan fingerprint density at radius 1 is 1.53 bits per heavy atom. The fraction of sp³-hybridized carbons (Fsp3) is 0.667. The van der Waals surface area contributed by atoms with E-state index in [0.717, 1.165) is 31.4 Å². The number of nitrogens with zero attached hydrogens (tertiary/aromatic N) is 2. The zero-order valence-electron chi connectivity index (χ0n) is 10.3.